The van der Waals surface area contributed by atoms with Gasteiger partial charge in [0.1, 0.15) is 0 Å². The van der Waals surface area contributed by atoms with Crippen molar-refractivity contribution in [1.82, 2.24) is 0 Å². The molecule has 1 heteroatoms. The van der Waals surface area contributed by atoms with E-state index in [2.05, 4.69) is 18.2 Å². The lowest BCUT2D eigenvalue weighted by Gasteiger charge is -1.64. The molecular weight excluding hydrogens is 206 g/mol. The van der Waals surface area contributed by atoms with Crippen LogP contribution in [0, 0.1) is 0 Å². The van der Waals surface area contributed by atoms with Gasteiger partial charge >= 0.3 is 0 Å². The van der Waals surface area contributed by atoms with E-state index in [-0.39, 0.29) is 22.3 Å². The van der Waals surface area contributed by atoms with Gasteiger partial charge in [0.15, 0.2) is 0 Å². The molecule has 0 unspecified atom stereocenters. The number of nitrogens with zero attached hydrogens (tertiary/aromatic N) is 1. The zero-order valence-electron chi connectivity index (χ0n) is 9.90. The van der Waals surface area contributed by atoms with E-state index in [9.17, 15) is 0 Å². The Morgan fingerprint density at radius 1 is 0.706 bits per heavy atom. The quantitative estimate of drug-likeness (QED) is 0.299. The van der Waals surface area contributed by atoms with Crippen LogP contribution in [0.25, 0.3) is 0 Å². The Hall–Kier alpha value is -1.37. The fraction of sp³-hybridized carbons (Fsp3) is 0.438. The topological polar surface area (TPSA) is 12.4 Å². The Morgan fingerprint density at radius 3 is 1.18 bits per heavy atom. The molecule has 0 saturated heterocycles. The van der Waals surface area contributed by atoms with Crippen LogP contribution in [0.2, 0.25) is 0 Å². The minimum Gasteiger partial charge on any atom is -0.270 e. The number of allylic oxidation sites excluding steroid dienone is 5. The van der Waals surface area contributed by atoms with E-state index in [4.69, 9.17) is 0 Å². The first kappa shape index (κ1) is 36.1. The summed E-state index contributed by atoms with van der Waals surface area (Å²) in [5, 5.41) is 0. The summed E-state index contributed by atoms with van der Waals surface area (Å²) in [6, 6.07) is 0. The fourth-order valence-electron chi connectivity index (χ4n) is 0.394. The monoisotopic (exact) mass is 241 g/mol. The highest BCUT2D eigenvalue weighted by molar-refractivity contribution is 5.54. The standard InChI is InChI=1S/C6H10.C5H9N.C2H4.3CH4/c2*1-3-5-6-4-2;1-2;;;/h3-6H,1-2H3;3-5H,1-2H3;1-2H2;3*1H4. The van der Waals surface area contributed by atoms with E-state index in [0.717, 1.165) is 0 Å². The molecule has 0 heterocycles. The van der Waals surface area contributed by atoms with Gasteiger partial charge in [0.2, 0.25) is 0 Å². The molecule has 0 amide bonds. The fourth-order valence-corrected chi connectivity index (χ4v) is 0.394. The molecule has 0 saturated carbocycles. The minimum absolute atomic E-state index is 0. The molecule has 0 N–H and O–H groups in total. The number of rotatable bonds is 2. The number of hydrogen-bond acceptors (Lipinski definition) is 1. The largest absolute Gasteiger partial charge is 0.270 e. The Kier molecular flexibility index (Phi) is 131. The summed E-state index contributed by atoms with van der Waals surface area (Å²) in [5.74, 6) is 0. The van der Waals surface area contributed by atoms with E-state index in [0.29, 0.717) is 0 Å². The van der Waals surface area contributed by atoms with Crippen molar-refractivity contribution >= 4 is 6.21 Å². The number of hydrogen-bond donors (Lipinski definition) is 0. The molecule has 0 aliphatic heterocycles. The summed E-state index contributed by atoms with van der Waals surface area (Å²) in [4.78, 5) is 3.78. The lowest BCUT2D eigenvalue weighted by atomic mass is 10.5. The minimum atomic E-state index is 0. The lowest BCUT2D eigenvalue weighted by molar-refractivity contribution is 1.53. The van der Waals surface area contributed by atoms with Crippen molar-refractivity contribution < 1.29 is 0 Å². The van der Waals surface area contributed by atoms with E-state index < -0.39 is 0 Å². The van der Waals surface area contributed by atoms with E-state index in [1.165, 1.54) is 0 Å². The average molecular weight is 241 g/mol. The van der Waals surface area contributed by atoms with Gasteiger partial charge in [-0.15, -0.1) is 13.2 Å². The maximum absolute atomic E-state index is 3.78. The third kappa shape index (κ3) is 109. The van der Waals surface area contributed by atoms with Gasteiger partial charge < -0.3 is 0 Å². The highest BCUT2D eigenvalue weighted by Gasteiger charge is 1.49. The van der Waals surface area contributed by atoms with Crippen LogP contribution in [0.4, 0.5) is 0 Å². The Labute approximate surface area is 111 Å². The summed E-state index contributed by atoms with van der Waals surface area (Å²) < 4.78 is 0. The van der Waals surface area contributed by atoms with Gasteiger partial charge in [-0.2, -0.15) is 0 Å². The lowest BCUT2D eigenvalue weighted by Crippen LogP contribution is -1.49. The van der Waals surface area contributed by atoms with Crippen LogP contribution in [-0.4, -0.2) is 6.21 Å². The molecule has 0 atom stereocenters. The van der Waals surface area contributed by atoms with Crippen LogP contribution in [0.5, 0.6) is 0 Å². The normalized spacial score (nSPS) is 8.47. The zero-order valence-corrected chi connectivity index (χ0v) is 9.90. The van der Waals surface area contributed by atoms with Crippen molar-refractivity contribution in [1.29, 1.82) is 0 Å². The summed E-state index contributed by atoms with van der Waals surface area (Å²) in [7, 11) is 0. The van der Waals surface area contributed by atoms with Crippen LogP contribution in [0.1, 0.15) is 50.0 Å². The molecule has 17 heavy (non-hydrogen) atoms. The SMILES string of the molecule is C.C.C.C=C.CC=CC=CC.CC=CN=CC. The summed E-state index contributed by atoms with van der Waals surface area (Å²) in [6.07, 6.45) is 13.4. The molecule has 0 bridgehead atoms. The van der Waals surface area contributed by atoms with Gasteiger partial charge in [-0.05, 0) is 27.7 Å². The third-order valence-electron chi connectivity index (χ3n) is 0.880. The molecule has 0 rings (SSSR count). The molecule has 0 aromatic rings. The smallest absolute Gasteiger partial charge is 0.0221 e. The molecule has 0 spiro atoms. The van der Waals surface area contributed by atoms with Crippen LogP contribution in [0.15, 0.2) is 54.7 Å². The molecule has 0 aromatic carbocycles. The summed E-state index contributed by atoms with van der Waals surface area (Å²) in [5.41, 5.74) is 0. The van der Waals surface area contributed by atoms with Crippen LogP contribution >= 0.6 is 0 Å². The second kappa shape index (κ2) is 61.8. The maximum atomic E-state index is 3.78. The van der Waals surface area contributed by atoms with Crippen molar-refractivity contribution in [2.45, 2.75) is 50.0 Å². The van der Waals surface area contributed by atoms with Crippen molar-refractivity contribution in [3.63, 3.8) is 0 Å². The Bertz CT molecular complexity index is 134. The van der Waals surface area contributed by atoms with Crippen molar-refractivity contribution in [2.75, 3.05) is 0 Å². The van der Waals surface area contributed by atoms with Gasteiger partial charge in [0.25, 0.3) is 0 Å². The Morgan fingerprint density at radius 2 is 1.06 bits per heavy atom. The molecule has 104 valence electrons. The first-order chi connectivity index (χ1) is 6.83. The highest BCUT2D eigenvalue weighted by Crippen LogP contribution is 1.71. The predicted molar refractivity (Wildman–Crippen MR) is 90.1 cm³/mol. The summed E-state index contributed by atoms with van der Waals surface area (Å²) >= 11 is 0. The highest BCUT2D eigenvalue weighted by atomic mass is 14.6. The second-order valence-corrected chi connectivity index (χ2v) is 1.94. The molecule has 0 fully saturated rings. The van der Waals surface area contributed by atoms with Crippen LogP contribution in [0.3, 0.4) is 0 Å². The molecule has 0 aromatic heterocycles. The van der Waals surface area contributed by atoms with Crippen molar-refractivity contribution in [2.24, 2.45) is 4.99 Å². The van der Waals surface area contributed by atoms with Gasteiger partial charge in [0.05, 0.1) is 0 Å². The van der Waals surface area contributed by atoms with Gasteiger partial charge in [-0.25, -0.2) is 0 Å². The van der Waals surface area contributed by atoms with E-state index in [1.807, 2.05) is 58.1 Å². The zero-order chi connectivity index (χ0) is 11.7. The first-order valence-electron chi connectivity index (χ1n) is 4.66. The second-order valence-electron chi connectivity index (χ2n) is 1.94. The van der Waals surface area contributed by atoms with Gasteiger partial charge in [0, 0.05) is 12.4 Å². The third-order valence-corrected chi connectivity index (χ3v) is 0.880. The molecule has 1 nitrogen and oxygen atoms in total. The summed E-state index contributed by atoms with van der Waals surface area (Å²) in [6.45, 7) is 13.8. The van der Waals surface area contributed by atoms with Crippen molar-refractivity contribution in [3.8, 4) is 0 Å². The Balaban J connectivity index is -0.0000000268. The molecule has 0 aliphatic carbocycles. The van der Waals surface area contributed by atoms with Gasteiger partial charge in [-0.3, -0.25) is 4.99 Å². The molecule has 0 aliphatic rings. The maximum Gasteiger partial charge on any atom is 0.0221 e. The first-order valence-corrected chi connectivity index (χ1v) is 4.66. The molecule has 0 radical (unpaired) electrons. The van der Waals surface area contributed by atoms with Crippen LogP contribution < -0.4 is 0 Å². The molecular formula is C16H35N. The van der Waals surface area contributed by atoms with Gasteiger partial charge in [-0.1, -0.05) is 52.7 Å². The van der Waals surface area contributed by atoms with E-state index in [1.54, 1.807) is 12.4 Å². The van der Waals surface area contributed by atoms with Crippen molar-refractivity contribution in [3.05, 3.63) is 49.7 Å². The number of aliphatic imine (C=N–C) groups is 1. The average Bonchev–Trinajstić information content (AvgIpc) is 2.27. The van der Waals surface area contributed by atoms with Crippen LogP contribution in [-0.2, 0) is 0 Å². The van der Waals surface area contributed by atoms with E-state index >= 15 is 0 Å². The predicted octanol–water partition coefficient (Wildman–Crippen LogP) is 6.46.